The number of thioether (sulfide) groups is 1. The molecule has 1 aromatic carbocycles. The molecule has 1 aliphatic carbocycles. The number of carbonyl (C=O) groups is 2. The number of aryl methyl sites for hydroxylation is 2. The molecule has 2 aromatic heterocycles. The summed E-state index contributed by atoms with van der Waals surface area (Å²) in [5, 5.41) is 13.1. The van der Waals surface area contributed by atoms with Crippen LogP contribution in [0, 0.1) is 6.92 Å². The monoisotopic (exact) mass is 574 g/mol. The lowest BCUT2D eigenvalue weighted by molar-refractivity contribution is -0.113. The third-order valence-electron chi connectivity index (χ3n) is 6.03. The summed E-state index contributed by atoms with van der Waals surface area (Å²) >= 11 is 9.00. The Bertz CT molecular complexity index is 1320. The smallest absolute Gasteiger partial charge is 0.341 e. The molecule has 0 saturated heterocycles. The summed E-state index contributed by atoms with van der Waals surface area (Å²) in [6.45, 7) is 8.48. The molecule has 0 atom stereocenters. The second-order valence-corrected chi connectivity index (χ2v) is 11.3. The first-order valence-electron chi connectivity index (χ1n) is 12.6. The number of amides is 1. The number of nitrogens with zero attached hydrogens (tertiary/aromatic N) is 3. The first-order chi connectivity index (χ1) is 18.4. The number of ether oxygens (including phenoxy) is 2. The fourth-order valence-corrected chi connectivity index (χ4v) is 6.48. The predicted octanol–water partition coefficient (Wildman–Crippen LogP) is 6.24. The Labute approximate surface area is 235 Å². The number of carbonyl (C=O) groups excluding carboxylic acids is 2. The lowest BCUT2D eigenvalue weighted by Gasteiger charge is -2.11. The van der Waals surface area contributed by atoms with Gasteiger partial charge in [0.25, 0.3) is 0 Å². The van der Waals surface area contributed by atoms with Gasteiger partial charge in [0.05, 0.1) is 22.9 Å². The van der Waals surface area contributed by atoms with Gasteiger partial charge in [0.2, 0.25) is 5.91 Å². The third-order valence-corrected chi connectivity index (χ3v) is 8.52. The number of halogens is 1. The lowest BCUT2D eigenvalue weighted by Crippen LogP contribution is -2.17. The topological polar surface area (TPSA) is 95.3 Å². The van der Waals surface area contributed by atoms with E-state index in [9.17, 15) is 9.59 Å². The van der Waals surface area contributed by atoms with E-state index < -0.39 is 0 Å². The SMILES string of the molecule is C=CCn1c(COc2cc(C)ccc2Cl)nnc1SCC(=O)Nc1sc2c(c1C(=O)OCC)CCCCC2. The number of thiophene rings is 1. The van der Waals surface area contributed by atoms with Crippen molar-refractivity contribution >= 4 is 51.6 Å². The molecule has 2 heterocycles. The average molecular weight is 575 g/mol. The van der Waals surface area contributed by atoms with Gasteiger partial charge >= 0.3 is 5.97 Å². The molecular formula is C27H31ClN4O4S2. The normalized spacial score (nSPS) is 12.9. The molecule has 4 rings (SSSR count). The van der Waals surface area contributed by atoms with Crippen molar-refractivity contribution in [1.82, 2.24) is 14.8 Å². The summed E-state index contributed by atoms with van der Waals surface area (Å²) in [6, 6.07) is 5.57. The first-order valence-corrected chi connectivity index (χ1v) is 14.8. The highest BCUT2D eigenvalue weighted by atomic mass is 35.5. The van der Waals surface area contributed by atoms with Gasteiger partial charge in [0.15, 0.2) is 11.0 Å². The number of anilines is 1. The largest absolute Gasteiger partial charge is 0.484 e. The van der Waals surface area contributed by atoms with Crippen LogP contribution in [-0.4, -0.2) is 39.0 Å². The van der Waals surface area contributed by atoms with Gasteiger partial charge in [-0.15, -0.1) is 28.1 Å². The van der Waals surface area contributed by atoms with Crippen molar-refractivity contribution < 1.29 is 19.1 Å². The summed E-state index contributed by atoms with van der Waals surface area (Å²) in [4.78, 5) is 26.9. The van der Waals surface area contributed by atoms with Crippen molar-refractivity contribution in [2.75, 3.05) is 17.7 Å². The van der Waals surface area contributed by atoms with Crippen LogP contribution >= 0.6 is 34.7 Å². The Kier molecular flexibility index (Phi) is 9.87. The van der Waals surface area contributed by atoms with E-state index in [-0.39, 0.29) is 30.8 Å². The minimum absolute atomic E-state index is 0.102. The Hall–Kier alpha value is -2.82. The molecule has 0 unspecified atom stereocenters. The number of hydrogen-bond donors (Lipinski definition) is 1. The number of benzene rings is 1. The van der Waals surface area contributed by atoms with Crippen molar-refractivity contribution in [2.45, 2.75) is 64.3 Å². The molecule has 1 amide bonds. The van der Waals surface area contributed by atoms with Crippen LogP contribution < -0.4 is 10.1 Å². The Morgan fingerprint density at radius 1 is 1.26 bits per heavy atom. The van der Waals surface area contributed by atoms with E-state index in [2.05, 4.69) is 22.1 Å². The van der Waals surface area contributed by atoms with E-state index in [1.54, 1.807) is 19.1 Å². The van der Waals surface area contributed by atoms with E-state index in [1.165, 1.54) is 23.1 Å². The Balaban J connectivity index is 1.44. The Morgan fingerprint density at radius 3 is 2.87 bits per heavy atom. The molecule has 38 heavy (non-hydrogen) atoms. The number of fused-ring (bicyclic) bond motifs is 1. The molecule has 0 aliphatic heterocycles. The fraction of sp³-hybridized carbons (Fsp3) is 0.407. The zero-order valence-corrected chi connectivity index (χ0v) is 23.9. The molecule has 1 aliphatic rings. The highest BCUT2D eigenvalue weighted by molar-refractivity contribution is 7.99. The molecule has 0 fully saturated rings. The lowest BCUT2D eigenvalue weighted by atomic mass is 10.1. The van der Waals surface area contributed by atoms with Crippen LogP contribution in [0.3, 0.4) is 0 Å². The predicted molar refractivity (Wildman–Crippen MR) is 152 cm³/mol. The molecule has 0 bridgehead atoms. The minimum atomic E-state index is -0.376. The highest BCUT2D eigenvalue weighted by Gasteiger charge is 2.27. The number of aromatic nitrogens is 3. The Morgan fingerprint density at radius 2 is 2.08 bits per heavy atom. The van der Waals surface area contributed by atoms with Gasteiger partial charge in [-0.05, 0) is 62.8 Å². The van der Waals surface area contributed by atoms with Crippen LogP contribution in [0.2, 0.25) is 5.02 Å². The quantitative estimate of drug-likeness (QED) is 0.125. The molecule has 0 radical (unpaired) electrons. The second-order valence-electron chi connectivity index (χ2n) is 8.85. The minimum Gasteiger partial charge on any atom is -0.484 e. The van der Waals surface area contributed by atoms with Gasteiger partial charge in [0.1, 0.15) is 17.4 Å². The van der Waals surface area contributed by atoms with Crippen LogP contribution in [0.1, 0.15) is 58.4 Å². The van der Waals surface area contributed by atoms with Gasteiger partial charge in [-0.2, -0.15) is 0 Å². The van der Waals surface area contributed by atoms with Gasteiger partial charge < -0.3 is 14.8 Å². The summed E-state index contributed by atoms with van der Waals surface area (Å²) in [6.07, 6.45) is 6.73. The molecule has 202 valence electrons. The zero-order chi connectivity index (χ0) is 27.1. The summed E-state index contributed by atoms with van der Waals surface area (Å²) in [5.41, 5.74) is 2.57. The maximum atomic E-state index is 13.0. The maximum absolute atomic E-state index is 13.0. The first kappa shape index (κ1) is 28.2. The maximum Gasteiger partial charge on any atom is 0.341 e. The summed E-state index contributed by atoms with van der Waals surface area (Å²) < 4.78 is 13.1. The van der Waals surface area contributed by atoms with Gasteiger partial charge in [-0.3, -0.25) is 9.36 Å². The fourth-order valence-electron chi connectivity index (χ4n) is 4.25. The van der Waals surface area contributed by atoms with Crippen LogP contribution in [-0.2, 0) is 35.5 Å². The van der Waals surface area contributed by atoms with Gasteiger partial charge in [0, 0.05) is 11.4 Å². The molecule has 3 aromatic rings. The van der Waals surface area contributed by atoms with E-state index in [4.69, 9.17) is 21.1 Å². The number of allylic oxidation sites excluding steroid dienone is 1. The number of nitrogens with one attached hydrogen (secondary N) is 1. The number of rotatable bonds is 11. The van der Waals surface area contributed by atoms with Crippen LogP contribution in [0.4, 0.5) is 5.00 Å². The van der Waals surface area contributed by atoms with Crippen molar-refractivity contribution in [1.29, 1.82) is 0 Å². The van der Waals surface area contributed by atoms with Crippen LogP contribution in [0.15, 0.2) is 36.0 Å². The molecule has 0 spiro atoms. The standard InChI is InChI=1S/C27H31ClN4O4S2/c1-4-13-32-22(15-36-20-14-17(3)11-12-19(20)28)30-31-27(32)37-16-23(33)29-25-24(26(34)35-5-2)18-9-7-6-8-10-21(18)38-25/h4,11-12,14H,1,5-10,13,15-16H2,2-3H3,(H,29,33). The highest BCUT2D eigenvalue weighted by Crippen LogP contribution is 2.38. The van der Waals surface area contributed by atoms with Crippen molar-refractivity contribution in [3.05, 3.63) is 63.3 Å². The molecular weight excluding hydrogens is 544 g/mol. The van der Waals surface area contributed by atoms with Crippen molar-refractivity contribution in [2.24, 2.45) is 0 Å². The number of esters is 1. The number of hydrogen-bond acceptors (Lipinski definition) is 8. The second kappa shape index (κ2) is 13.3. The summed E-state index contributed by atoms with van der Waals surface area (Å²) in [7, 11) is 0. The third kappa shape index (κ3) is 6.78. The summed E-state index contributed by atoms with van der Waals surface area (Å²) in [5.74, 6) is 0.663. The van der Waals surface area contributed by atoms with E-state index in [0.717, 1.165) is 48.1 Å². The van der Waals surface area contributed by atoms with Crippen molar-refractivity contribution in [3.8, 4) is 5.75 Å². The van der Waals surface area contributed by atoms with E-state index in [0.29, 0.717) is 38.9 Å². The average Bonchev–Trinajstić information content (AvgIpc) is 3.35. The van der Waals surface area contributed by atoms with Crippen LogP contribution in [0.25, 0.3) is 0 Å². The molecule has 1 N–H and O–H groups in total. The molecule has 11 heteroatoms. The van der Waals surface area contributed by atoms with E-state index in [1.807, 2.05) is 23.6 Å². The van der Waals surface area contributed by atoms with Crippen LogP contribution in [0.5, 0.6) is 5.75 Å². The molecule has 8 nitrogen and oxygen atoms in total. The van der Waals surface area contributed by atoms with Gasteiger partial charge in [-0.25, -0.2) is 4.79 Å². The van der Waals surface area contributed by atoms with Crippen molar-refractivity contribution in [3.63, 3.8) is 0 Å². The van der Waals surface area contributed by atoms with Gasteiger partial charge in [-0.1, -0.05) is 41.9 Å². The zero-order valence-electron chi connectivity index (χ0n) is 21.5. The molecule has 0 saturated carbocycles. The van der Waals surface area contributed by atoms with E-state index >= 15 is 0 Å².